The van der Waals surface area contributed by atoms with Crippen LogP contribution in [0.3, 0.4) is 0 Å². The van der Waals surface area contributed by atoms with E-state index >= 15 is 0 Å². The van der Waals surface area contributed by atoms with Gasteiger partial charge in [-0.25, -0.2) is 13.6 Å². The lowest BCUT2D eigenvalue weighted by atomic mass is 10.1. The summed E-state index contributed by atoms with van der Waals surface area (Å²) in [4.78, 5) is 29.5. The van der Waals surface area contributed by atoms with E-state index in [2.05, 4.69) is 15.6 Å². The number of hydrogen-bond acceptors (Lipinski definition) is 6. The van der Waals surface area contributed by atoms with Crippen molar-refractivity contribution in [2.45, 2.75) is 38.2 Å². The first-order valence-electron chi connectivity index (χ1n) is 9.08. The molecule has 28 heavy (non-hydrogen) atoms. The number of anilines is 1. The van der Waals surface area contributed by atoms with Gasteiger partial charge in [-0.2, -0.15) is 4.98 Å². The summed E-state index contributed by atoms with van der Waals surface area (Å²) >= 11 is 0. The third kappa shape index (κ3) is 4.79. The van der Waals surface area contributed by atoms with Crippen LogP contribution in [0.5, 0.6) is 11.8 Å². The molecule has 2 heterocycles. The minimum absolute atomic E-state index is 0.0490. The molecule has 1 aliphatic carbocycles. The van der Waals surface area contributed by atoms with E-state index in [1.165, 1.54) is 37.9 Å². The Labute approximate surface area is 161 Å². The van der Waals surface area contributed by atoms with Crippen LogP contribution in [0.4, 0.5) is 19.3 Å². The summed E-state index contributed by atoms with van der Waals surface area (Å²) < 4.78 is 37.3. The smallest absolute Gasteiger partial charge is 0.414 e. The van der Waals surface area contributed by atoms with Crippen molar-refractivity contribution >= 4 is 17.7 Å². The Hall–Kier alpha value is -2.65. The molecular formula is C18H24F2N4O4. The molecule has 3 rings (SSSR count). The highest BCUT2D eigenvalue weighted by Gasteiger charge is 2.45. The van der Waals surface area contributed by atoms with Gasteiger partial charge in [0.25, 0.3) is 5.92 Å². The highest BCUT2D eigenvalue weighted by atomic mass is 19.3. The van der Waals surface area contributed by atoms with Crippen LogP contribution in [0.25, 0.3) is 0 Å². The minimum Gasteiger partial charge on any atom is -0.476 e. The number of nitrogens with zero attached hydrogens (tertiary/aromatic N) is 2. The van der Waals surface area contributed by atoms with Crippen LogP contribution >= 0.6 is 0 Å². The number of hydrogen-bond donors (Lipinski definition) is 2. The van der Waals surface area contributed by atoms with E-state index in [0.29, 0.717) is 18.2 Å². The van der Waals surface area contributed by atoms with Gasteiger partial charge < -0.3 is 25.0 Å². The van der Waals surface area contributed by atoms with E-state index in [4.69, 9.17) is 9.47 Å². The molecule has 2 N–H and O–H groups in total. The first-order chi connectivity index (χ1) is 13.1. The number of likely N-dealkylation sites (N-methyl/N-ethyl adjacent to an activating group) is 1. The molecule has 0 bridgehead atoms. The van der Waals surface area contributed by atoms with Gasteiger partial charge in [0.15, 0.2) is 0 Å². The fourth-order valence-corrected chi connectivity index (χ4v) is 2.73. The molecule has 0 atom stereocenters. The molecule has 0 aromatic carbocycles. The molecule has 1 aromatic rings. The van der Waals surface area contributed by atoms with Gasteiger partial charge in [0.05, 0.1) is 19.7 Å². The molecule has 154 valence electrons. The summed E-state index contributed by atoms with van der Waals surface area (Å²) in [6, 6.07) is 2.94. The Balaban J connectivity index is 1.69. The molecule has 1 aliphatic heterocycles. The van der Waals surface area contributed by atoms with Gasteiger partial charge in [-0.15, -0.1) is 0 Å². The SMILES string of the molecule is CNC(=O)C(C)(C)NC(=O)Oc1ccc(N2CC(F)(F)C2)c(OCC2CC2)n1. The molecule has 8 nitrogen and oxygen atoms in total. The predicted octanol–water partition coefficient (Wildman–Crippen LogP) is 1.94. The third-order valence-electron chi connectivity index (χ3n) is 4.56. The number of amides is 2. The largest absolute Gasteiger partial charge is 0.476 e. The lowest BCUT2D eigenvalue weighted by Crippen LogP contribution is -2.56. The number of alkyl halides is 2. The topological polar surface area (TPSA) is 92.8 Å². The first-order valence-corrected chi connectivity index (χ1v) is 9.08. The second-order valence-corrected chi connectivity index (χ2v) is 7.66. The fraction of sp³-hybridized carbons (Fsp3) is 0.611. The summed E-state index contributed by atoms with van der Waals surface area (Å²) in [5.41, 5.74) is -0.745. The Morgan fingerprint density at radius 2 is 2.00 bits per heavy atom. The predicted molar refractivity (Wildman–Crippen MR) is 96.9 cm³/mol. The third-order valence-corrected chi connectivity index (χ3v) is 4.56. The Kier molecular flexibility index (Phi) is 5.31. The Morgan fingerprint density at radius 3 is 2.57 bits per heavy atom. The van der Waals surface area contributed by atoms with Crippen LogP contribution in [0.15, 0.2) is 12.1 Å². The maximum absolute atomic E-state index is 13.2. The zero-order chi connectivity index (χ0) is 20.5. The van der Waals surface area contributed by atoms with E-state index < -0.39 is 30.6 Å². The van der Waals surface area contributed by atoms with Crippen LogP contribution in [-0.2, 0) is 4.79 Å². The van der Waals surface area contributed by atoms with E-state index in [0.717, 1.165) is 12.8 Å². The van der Waals surface area contributed by atoms with Gasteiger partial charge in [0, 0.05) is 13.1 Å². The molecule has 10 heteroatoms. The molecule has 0 spiro atoms. The number of rotatable bonds is 7. The van der Waals surface area contributed by atoms with Gasteiger partial charge in [0.1, 0.15) is 11.2 Å². The van der Waals surface area contributed by atoms with Gasteiger partial charge in [-0.3, -0.25) is 4.79 Å². The average Bonchev–Trinajstić information content (AvgIpc) is 3.41. The number of aromatic nitrogens is 1. The van der Waals surface area contributed by atoms with Crippen LogP contribution in [0.2, 0.25) is 0 Å². The number of ether oxygens (including phenoxy) is 2. The number of carbonyl (C=O) groups excluding carboxylic acids is 2. The fourth-order valence-electron chi connectivity index (χ4n) is 2.73. The number of carbonyl (C=O) groups is 2. The molecule has 2 aliphatic rings. The van der Waals surface area contributed by atoms with Crippen molar-refractivity contribution in [1.82, 2.24) is 15.6 Å². The maximum atomic E-state index is 13.2. The molecule has 1 saturated carbocycles. The Morgan fingerprint density at radius 1 is 1.32 bits per heavy atom. The molecule has 0 unspecified atom stereocenters. The monoisotopic (exact) mass is 398 g/mol. The van der Waals surface area contributed by atoms with E-state index in [9.17, 15) is 18.4 Å². The zero-order valence-electron chi connectivity index (χ0n) is 16.1. The standard InChI is InChI=1S/C18H24F2N4O4/c1-17(2,15(25)21-3)23-16(26)28-13-7-6-12(24-9-18(19,20)10-24)14(22-13)27-8-11-4-5-11/h6-7,11H,4-5,8-10H2,1-3H3,(H,21,25)(H,23,26). The molecular weight excluding hydrogens is 374 g/mol. The van der Waals surface area contributed by atoms with Gasteiger partial charge >= 0.3 is 6.09 Å². The lowest BCUT2D eigenvalue weighted by molar-refractivity contribution is -0.125. The second kappa shape index (κ2) is 7.40. The average molecular weight is 398 g/mol. The highest BCUT2D eigenvalue weighted by molar-refractivity contribution is 5.89. The van der Waals surface area contributed by atoms with Gasteiger partial charge in [0.2, 0.25) is 17.7 Å². The van der Waals surface area contributed by atoms with E-state index in [1.807, 2.05) is 0 Å². The van der Waals surface area contributed by atoms with Crippen molar-refractivity contribution in [2.24, 2.45) is 5.92 Å². The van der Waals surface area contributed by atoms with Crippen molar-refractivity contribution in [1.29, 1.82) is 0 Å². The molecule has 1 aromatic heterocycles. The van der Waals surface area contributed by atoms with Crippen molar-refractivity contribution < 1.29 is 27.8 Å². The Bertz CT molecular complexity index is 760. The molecule has 2 amide bonds. The number of halogens is 2. The normalized spacial score (nSPS) is 18.1. The van der Waals surface area contributed by atoms with Crippen LogP contribution < -0.4 is 25.0 Å². The van der Waals surface area contributed by atoms with Crippen molar-refractivity contribution in [3.8, 4) is 11.8 Å². The zero-order valence-corrected chi connectivity index (χ0v) is 16.1. The van der Waals surface area contributed by atoms with E-state index in [-0.39, 0.29) is 17.7 Å². The van der Waals surface area contributed by atoms with Crippen LogP contribution in [0.1, 0.15) is 26.7 Å². The first kappa shape index (κ1) is 20.1. The second-order valence-electron chi connectivity index (χ2n) is 7.66. The van der Waals surface area contributed by atoms with E-state index in [1.54, 1.807) is 0 Å². The van der Waals surface area contributed by atoms with Crippen molar-refractivity contribution in [2.75, 3.05) is 31.6 Å². The quantitative estimate of drug-likeness (QED) is 0.729. The number of pyridine rings is 1. The summed E-state index contributed by atoms with van der Waals surface area (Å²) in [6.07, 6.45) is 1.26. The minimum atomic E-state index is -2.73. The highest BCUT2D eigenvalue weighted by Crippen LogP contribution is 2.38. The van der Waals surface area contributed by atoms with Crippen molar-refractivity contribution in [3.05, 3.63) is 12.1 Å². The molecule has 2 fully saturated rings. The number of nitrogens with one attached hydrogen (secondary N) is 2. The van der Waals surface area contributed by atoms with Crippen LogP contribution in [-0.4, -0.2) is 55.2 Å². The summed E-state index contributed by atoms with van der Waals surface area (Å²) in [6.45, 7) is 2.67. The summed E-state index contributed by atoms with van der Waals surface area (Å²) in [5, 5.41) is 4.89. The van der Waals surface area contributed by atoms with Crippen molar-refractivity contribution in [3.63, 3.8) is 0 Å². The molecule has 1 saturated heterocycles. The summed E-state index contributed by atoms with van der Waals surface area (Å²) in [7, 11) is 1.46. The van der Waals surface area contributed by atoms with Crippen LogP contribution in [0, 0.1) is 5.92 Å². The molecule has 0 radical (unpaired) electrons. The van der Waals surface area contributed by atoms with Gasteiger partial charge in [-0.1, -0.05) is 0 Å². The van der Waals surface area contributed by atoms with Gasteiger partial charge in [-0.05, 0) is 38.7 Å². The summed E-state index contributed by atoms with van der Waals surface area (Å²) in [5.74, 6) is -2.58. The maximum Gasteiger partial charge on any atom is 0.414 e. The lowest BCUT2D eigenvalue weighted by Gasteiger charge is -2.40.